The van der Waals surface area contributed by atoms with E-state index in [2.05, 4.69) is 0 Å². The van der Waals surface area contributed by atoms with E-state index in [9.17, 15) is 4.39 Å². The highest BCUT2D eigenvalue weighted by Gasteiger charge is 2.15. The van der Waals surface area contributed by atoms with Crippen LogP contribution >= 0.6 is 0 Å². The number of aryl methyl sites for hydroxylation is 2. The molecular formula is C11H15FO2. The van der Waals surface area contributed by atoms with Gasteiger partial charge in [0.15, 0.2) is 6.17 Å². The van der Waals surface area contributed by atoms with E-state index in [0.717, 1.165) is 11.1 Å². The van der Waals surface area contributed by atoms with Gasteiger partial charge in [-0.2, -0.15) is 0 Å². The molecule has 0 bridgehead atoms. The maximum Gasteiger partial charge on any atom is 0.152 e. The highest BCUT2D eigenvalue weighted by atomic mass is 19.1. The standard InChI is InChI=1S/C11H15FO2/c1-7-4-9(10(12)6-13)11(14-3)5-8(7)2/h4-5,10,13H,6H2,1-3H3. The summed E-state index contributed by atoms with van der Waals surface area (Å²) in [5.74, 6) is 0.495. The molecule has 78 valence electrons. The second-order valence-electron chi connectivity index (χ2n) is 3.33. The maximum atomic E-state index is 13.3. The monoisotopic (exact) mass is 198 g/mol. The molecule has 1 N–H and O–H groups in total. The second kappa shape index (κ2) is 4.42. The molecule has 1 aromatic carbocycles. The van der Waals surface area contributed by atoms with Crippen LogP contribution in [0, 0.1) is 13.8 Å². The molecule has 0 saturated carbocycles. The fraction of sp³-hybridized carbons (Fsp3) is 0.455. The highest BCUT2D eigenvalue weighted by molar-refractivity contribution is 5.43. The number of halogens is 1. The molecular weight excluding hydrogens is 183 g/mol. The molecule has 0 aromatic heterocycles. The molecule has 1 rings (SSSR count). The molecule has 0 aliphatic carbocycles. The minimum absolute atomic E-state index is 0.415. The predicted molar refractivity (Wildman–Crippen MR) is 53.4 cm³/mol. The van der Waals surface area contributed by atoms with Crippen molar-refractivity contribution < 1.29 is 14.2 Å². The van der Waals surface area contributed by atoms with Crippen LogP contribution in [0.1, 0.15) is 22.9 Å². The number of alkyl halides is 1. The Kier molecular flexibility index (Phi) is 3.47. The van der Waals surface area contributed by atoms with Crippen molar-refractivity contribution in [2.75, 3.05) is 13.7 Å². The molecule has 0 aliphatic rings. The molecule has 0 aliphatic heterocycles. The maximum absolute atomic E-state index is 13.3. The number of rotatable bonds is 3. The van der Waals surface area contributed by atoms with E-state index in [1.165, 1.54) is 7.11 Å². The van der Waals surface area contributed by atoms with Crippen LogP contribution in [0.25, 0.3) is 0 Å². The summed E-state index contributed by atoms with van der Waals surface area (Å²) in [6, 6.07) is 3.50. The van der Waals surface area contributed by atoms with Crippen molar-refractivity contribution in [2.45, 2.75) is 20.0 Å². The largest absolute Gasteiger partial charge is 0.496 e. The SMILES string of the molecule is COc1cc(C)c(C)cc1C(F)CO. The van der Waals surface area contributed by atoms with Crippen LogP contribution in [0.2, 0.25) is 0 Å². The van der Waals surface area contributed by atoms with Gasteiger partial charge in [0.05, 0.1) is 13.7 Å². The minimum Gasteiger partial charge on any atom is -0.496 e. The molecule has 0 spiro atoms. The lowest BCUT2D eigenvalue weighted by Gasteiger charge is -2.13. The van der Waals surface area contributed by atoms with Gasteiger partial charge in [-0.15, -0.1) is 0 Å². The third-order valence-electron chi connectivity index (χ3n) is 2.34. The van der Waals surface area contributed by atoms with E-state index in [-0.39, 0.29) is 0 Å². The summed E-state index contributed by atoms with van der Waals surface area (Å²) in [7, 11) is 1.50. The molecule has 1 atom stereocenters. The molecule has 0 amide bonds. The molecule has 2 nitrogen and oxygen atoms in total. The van der Waals surface area contributed by atoms with Gasteiger partial charge in [0, 0.05) is 5.56 Å². The van der Waals surface area contributed by atoms with Gasteiger partial charge in [-0.25, -0.2) is 4.39 Å². The molecule has 0 heterocycles. The third kappa shape index (κ3) is 2.04. The van der Waals surface area contributed by atoms with Crippen molar-refractivity contribution in [3.8, 4) is 5.75 Å². The zero-order valence-corrected chi connectivity index (χ0v) is 8.67. The summed E-state index contributed by atoms with van der Waals surface area (Å²) < 4.78 is 18.3. The predicted octanol–water partition coefficient (Wildman–Crippen LogP) is 2.31. The molecule has 0 fully saturated rings. The number of benzene rings is 1. The van der Waals surface area contributed by atoms with E-state index >= 15 is 0 Å². The Bertz CT molecular complexity index is 323. The Hall–Kier alpha value is -1.09. The van der Waals surface area contributed by atoms with Crippen LogP contribution < -0.4 is 4.74 Å². The average molecular weight is 198 g/mol. The van der Waals surface area contributed by atoms with Crippen LogP contribution in [0.15, 0.2) is 12.1 Å². The zero-order valence-electron chi connectivity index (χ0n) is 8.67. The van der Waals surface area contributed by atoms with Gasteiger partial charge in [-0.1, -0.05) is 0 Å². The van der Waals surface area contributed by atoms with Crippen LogP contribution in [-0.4, -0.2) is 18.8 Å². The molecule has 3 heteroatoms. The van der Waals surface area contributed by atoms with Crippen LogP contribution in [-0.2, 0) is 0 Å². The van der Waals surface area contributed by atoms with Crippen molar-refractivity contribution in [3.63, 3.8) is 0 Å². The van der Waals surface area contributed by atoms with Gasteiger partial charge < -0.3 is 9.84 Å². The fourth-order valence-electron chi connectivity index (χ4n) is 1.33. The van der Waals surface area contributed by atoms with Gasteiger partial charge in [-0.3, -0.25) is 0 Å². The van der Waals surface area contributed by atoms with Gasteiger partial charge >= 0.3 is 0 Å². The minimum atomic E-state index is -1.37. The quantitative estimate of drug-likeness (QED) is 0.807. The lowest BCUT2D eigenvalue weighted by atomic mass is 10.0. The fourth-order valence-corrected chi connectivity index (χ4v) is 1.33. The summed E-state index contributed by atoms with van der Waals surface area (Å²) in [6.45, 7) is 3.33. The summed E-state index contributed by atoms with van der Waals surface area (Å²) >= 11 is 0. The van der Waals surface area contributed by atoms with Crippen molar-refractivity contribution in [1.29, 1.82) is 0 Å². The van der Waals surface area contributed by atoms with E-state index in [1.807, 2.05) is 13.8 Å². The Morgan fingerprint density at radius 2 is 1.93 bits per heavy atom. The van der Waals surface area contributed by atoms with Crippen molar-refractivity contribution in [2.24, 2.45) is 0 Å². The van der Waals surface area contributed by atoms with E-state index in [1.54, 1.807) is 12.1 Å². The zero-order chi connectivity index (χ0) is 10.7. The first-order valence-electron chi connectivity index (χ1n) is 4.50. The number of methoxy groups -OCH3 is 1. The highest BCUT2D eigenvalue weighted by Crippen LogP contribution is 2.30. The second-order valence-corrected chi connectivity index (χ2v) is 3.33. The first-order chi connectivity index (χ1) is 6.60. The Morgan fingerprint density at radius 1 is 1.36 bits per heavy atom. The summed E-state index contributed by atoms with van der Waals surface area (Å²) in [5, 5.41) is 8.74. The Balaban J connectivity index is 3.19. The molecule has 0 saturated heterocycles. The molecule has 1 aromatic rings. The first kappa shape index (κ1) is 11.0. The summed E-state index contributed by atoms with van der Waals surface area (Å²) in [4.78, 5) is 0. The number of hydrogen-bond acceptors (Lipinski definition) is 2. The van der Waals surface area contributed by atoms with Gasteiger partial charge in [0.2, 0.25) is 0 Å². The van der Waals surface area contributed by atoms with Crippen LogP contribution in [0.4, 0.5) is 4.39 Å². The van der Waals surface area contributed by atoms with E-state index < -0.39 is 12.8 Å². The smallest absolute Gasteiger partial charge is 0.152 e. The number of aliphatic hydroxyl groups is 1. The van der Waals surface area contributed by atoms with Crippen molar-refractivity contribution in [3.05, 3.63) is 28.8 Å². The molecule has 14 heavy (non-hydrogen) atoms. The van der Waals surface area contributed by atoms with Crippen molar-refractivity contribution >= 4 is 0 Å². The first-order valence-corrected chi connectivity index (χ1v) is 4.50. The van der Waals surface area contributed by atoms with Gasteiger partial charge in [-0.05, 0) is 37.1 Å². The van der Waals surface area contributed by atoms with Gasteiger partial charge in [0.25, 0.3) is 0 Å². The van der Waals surface area contributed by atoms with Gasteiger partial charge in [0.1, 0.15) is 5.75 Å². The summed E-state index contributed by atoms with van der Waals surface area (Å²) in [6.07, 6.45) is -1.37. The lowest BCUT2D eigenvalue weighted by Crippen LogP contribution is -2.02. The normalized spacial score (nSPS) is 12.6. The number of ether oxygens (including phenoxy) is 1. The van der Waals surface area contributed by atoms with Crippen molar-refractivity contribution in [1.82, 2.24) is 0 Å². The average Bonchev–Trinajstić information content (AvgIpc) is 2.20. The number of hydrogen-bond donors (Lipinski definition) is 1. The van der Waals surface area contributed by atoms with Crippen LogP contribution in [0.3, 0.4) is 0 Å². The molecule has 1 unspecified atom stereocenters. The van der Waals surface area contributed by atoms with E-state index in [4.69, 9.17) is 9.84 Å². The lowest BCUT2D eigenvalue weighted by molar-refractivity contribution is 0.176. The third-order valence-corrected chi connectivity index (χ3v) is 2.34. The Morgan fingerprint density at radius 3 is 2.43 bits per heavy atom. The van der Waals surface area contributed by atoms with E-state index in [0.29, 0.717) is 11.3 Å². The number of aliphatic hydroxyl groups excluding tert-OH is 1. The summed E-state index contributed by atoms with van der Waals surface area (Å²) in [5.41, 5.74) is 2.46. The van der Waals surface area contributed by atoms with Crippen LogP contribution in [0.5, 0.6) is 5.75 Å². The topological polar surface area (TPSA) is 29.5 Å². The molecule has 0 radical (unpaired) electrons. The Labute approximate surface area is 83.3 Å².